The number of hydrogen-bond acceptors (Lipinski definition) is 1. The van der Waals surface area contributed by atoms with Gasteiger partial charge >= 0.3 is 0 Å². The van der Waals surface area contributed by atoms with Crippen LogP contribution in [0, 0.1) is 0 Å². The van der Waals surface area contributed by atoms with E-state index < -0.39 is 0 Å². The number of carbonyl (C=O) groups is 1. The zero-order valence-electron chi connectivity index (χ0n) is 10.3. The minimum absolute atomic E-state index is 0.0871. The van der Waals surface area contributed by atoms with Gasteiger partial charge in [-0.3, -0.25) is 4.79 Å². The van der Waals surface area contributed by atoms with E-state index in [2.05, 4.69) is 17.2 Å². The standard InChI is InChI=1S/C14H18N2O/c1-3-10(2)16-14(17)8-11-9-15-13-7-5-4-6-12(11)13/h4-7,9-10,15H,3,8H2,1-2H3,(H,16,17). The highest BCUT2D eigenvalue weighted by Crippen LogP contribution is 2.17. The van der Waals surface area contributed by atoms with E-state index in [1.165, 1.54) is 0 Å². The van der Waals surface area contributed by atoms with Gasteiger partial charge in [-0.2, -0.15) is 0 Å². The lowest BCUT2D eigenvalue weighted by Gasteiger charge is -2.10. The number of fused-ring (bicyclic) bond motifs is 1. The van der Waals surface area contributed by atoms with Crippen LogP contribution in [0.4, 0.5) is 0 Å². The molecule has 1 heterocycles. The summed E-state index contributed by atoms with van der Waals surface area (Å²) in [7, 11) is 0. The van der Waals surface area contributed by atoms with E-state index in [4.69, 9.17) is 0 Å². The lowest BCUT2D eigenvalue weighted by atomic mass is 10.1. The Balaban J connectivity index is 2.11. The molecule has 0 radical (unpaired) electrons. The lowest BCUT2D eigenvalue weighted by molar-refractivity contribution is -0.121. The first-order valence-corrected chi connectivity index (χ1v) is 6.05. The molecule has 1 unspecified atom stereocenters. The molecular weight excluding hydrogens is 212 g/mol. The Kier molecular flexibility index (Phi) is 3.47. The molecule has 3 nitrogen and oxygen atoms in total. The maximum Gasteiger partial charge on any atom is 0.224 e. The quantitative estimate of drug-likeness (QED) is 0.833. The fraction of sp³-hybridized carbons (Fsp3) is 0.357. The maximum absolute atomic E-state index is 11.8. The minimum Gasteiger partial charge on any atom is -0.361 e. The third-order valence-electron chi connectivity index (χ3n) is 3.05. The average Bonchev–Trinajstić information content (AvgIpc) is 2.72. The molecule has 90 valence electrons. The Morgan fingerprint density at radius 3 is 2.94 bits per heavy atom. The Morgan fingerprint density at radius 1 is 1.41 bits per heavy atom. The van der Waals surface area contributed by atoms with Gasteiger partial charge in [0.05, 0.1) is 6.42 Å². The summed E-state index contributed by atoms with van der Waals surface area (Å²) in [6, 6.07) is 8.28. The van der Waals surface area contributed by atoms with Crippen LogP contribution < -0.4 is 5.32 Å². The van der Waals surface area contributed by atoms with Crippen LogP contribution in [0.15, 0.2) is 30.5 Å². The highest BCUT2D eigenvalue weighted by atomic mass is 16.1. The van der Waals surface area contributed by atoms with Gasteiger partial charge in [0.1, 0.15) is 0 Å². The van der Waals surface area contributed by atoms with Crippen molar-refractivity contribution in [3.05, 3.63) is 36.0 Å². The molecule has 1 amide bonds. The van der Waals surface area contributed by atoms with Crippen LogP contribution in [0.1, 0.15) is 25.8 Å². The molecule has 1 aromatic heterocycles. The fourth-order valence-electron chi connectivity index (χ4n) is 1.88. The molecule has 0 saturated carbocycles. The molecule has 0 bridgehead atoms. The topological polar surface area (TPSA) is 44.9 Å². The number of para-hydroxylation sites is 1. The van der Waals surface area contributed by atoms with Crippen LogP contribution in [-0.2, 0) is 11.2 Å². The number of nitrogens with one attached hydrogen (secondary N) is 2. The van der Waals surface area contributed by atoms with Crippen LogP contribution in [0.2, 0.25) is 0 Å². The number of hydrogen-bond donors (Lipinski definition) is 2. The Morgan fingerprint density at radius 2 is 2.18 bits per heavy atom. The van der Waals surface area contributed by atoms with Crippen LogP contribution in [0.25, 0.3) is 10.9 Å². The number of carbonyl (C=O) groups excluding carboxylic acids is 1. The van der Waals surface area contributed by atoms with E-state index in [9.17, 15) is 4.79 Å². The van der Waals surface area contributed by atoms with E-state index in [-0.39, 0.29) is 11.9 Å². The van der Waals surface area contributed by atoms with Crippen LogP contribution in [-0.4, -0.2) is 16.9 Å². The smallest absolute Gasteiger partial charge is 0.224 e. The summed E-state index contributed by atoms with van der Waals surface area (Å²) in [5.74, 6) is 0.0871. The van der Waals surface area contributed by atoms with E-state index in [1.54, 1.807) is 0 Å². The Hall–Kier alpha value is -1.77. The van der Waals surface area contributed by atoms with Gasteiger partial charge in [0.25, 0.3) is 0 Å². The van der Waals surface area contributed by atoms with Gasteiger partial charge in [0, 0.05) is 23.1 Å². The molecule has 0 saturated heterocycles. The highest BCUT2D eigenvalue weighted by Gasteiger charge is 2.09. The van der Waals surface area contributed by atoms with Crippen molar-refractivity contribution in [1.29, 1.82) is 0 Å². The summed E-state index contributed by atoms with van der Waals surface area (Å²) in [4.78, 5) is 15.0. The molecule has 3 heteroatoms. The SMILES string of the molecule is CCC(C)NC(=O)Cc1c[nH]c2ccccc12. The van der Waals surface area contributed by atoms with Crippen molar-refractivity contribution in [3.8, 4) is 0 Å². The van der Waals surface area contributed by atoms with E-state index in [0.717, 1.165) is 22.9 Å². The molecule has 0 fully saturated rings. The van der Waals surface area contributed by atoms with Gasteiger partial charge in [0.2, 0.25) is 5.91 Å². The summed E-state index contributed by atoms with van der Waals surface area (Å²) in [5, 5.41) is 4.11. The molecule has 0 aliphatic carbocycles. The van der Waals surface area contributed by atoms with Gasteiger partial charge in [0.15, 0.2) is 0 Å². The second-order valence-electron chi connectivity index (χ2n) is 4.41. The average molecular weight is 230 g/mol. The van der Waals surface area contributed by atoms with Crippen molar-refractivity contribution in [1.82, 2.24) is 10.3 Å². The third kappa shape index (κ3) is 2.67. The molecule has 0 spiro atoms. The van der Waals surface area contributed by atoms with Gasteiger partial charge in [-0.1, -0.05) is 25.1 Å². The largest absolute Gasteiger partial charge is 0.361 e. The molecule has 0 aliphatic heterocycles. The van der Waals surface area contributed by atoms with Crippen molar-refractivity contribution >= 4 is 16.8 Å². The van der Waals surface area contributed by atoms with Gasteiger partial charge in [-0.25, -0.2) is 0 Å². The third-order valence-corrected chi connectivity index (χ3v) is 3.05. The zero-order valence-corrected chi connectivity index (χ0v) is 10.3. The van der Waals surface area contributed by atoms with Crippen LogP contribution >= 0.6 is 0 Å². The first-order valence-electron chi connectivity index (χ1n) is 6.05. The number of H-pyrrole nitrogens is 1. The molecule has 0 aliphatic rings. The summed E-state index contributed by atoms with van der Waals surface area (Å²) < 4.78 is 0. The lowest BCUT2D eigenvalue weighted by Crippen LogP contribution is -2.33. The van der Waals surface area contributed by atoms with Gasteiger partial charge in [-0.05, 0) is 25.0 Å². The molecule has 2 N–H and O–H groups in total. The van der Waals surface area contributed by atoms with Gasteiger partial charge < -0.3 is 10.3 Å². The van der Waals surface area contributed by atoms with Crippen LogP contribution in [0.5, 0.6) is 0 Å². The van der Waals surface area contributed by atoms with E-state index >= 15 is 0 Å². The summed E-state index contributed by atoms with van der Waals surface area (Å²) in [6.45, 7) is 4.09. The van der Waals surface area contributed by atoms with E-state index in [1.807, 2.05) is 37.4 Å². The number of aromatic amines is 1. The van der Waals surface area contributed by atoms with Crippen molar-refractivity contribution in [2.24, 2.45) is 0 Å². The Bertz CT molecular complexity index is 516. The fourth-order valence-corrected chi connectivity index (χ4v) is 1.88. The van der Waals surface area contributed by atoms with Crippen molar-refractivity contribution in [2.75, 3.05) is 0 Å². The first-order chi connectivity index (χ1) is 8.20. The monoisotopic (exact) mass is 230 g/mol. The summed E-state index contributed by atoms with van der Waals surface area (Å²) in [5.41, 5.74) is 2.14. The predicted octanol–water partition coefficient (Wildman–Crippen LogP) is 2.63. The maximum atomic E-state index is 11.8. The van der Waals surface area contributed by atoms with E-state index in [0.29, 0.717) is 6.42 Å². The molecule has 17 heavy (non-hydrogen) atoms. The van der Waals surface area contributed by atoms with Crippen molar-refractivity contribution < 1.29 is 4.79 Å². The second-order valence-corrected chi connectivity index (χ2v) is 4.41. The summed E-state index contributed by atoms with van der Waals surface area (Å²) >= 11 is 0. The number of amides is 1. The minimum atomic E-state index is 0.0871. The van der Waals surface area contributed by atoms with Crippen molar-refractivity contribution in [3.63, 3.8) is 0 Å². The number of aromatic nitrogens is 1. The summed E-state index contributed by atoms with van der Waals surface area (Å²) in [6.07, 6.45) is 3.31. The zero-order chi connectivity index (χ0) is 12.3. The molecular formula is C14H18N2O. The second kappa shape index (κ2) is 5.04. The first kappa shape index (κ1) is 11.7. The predicted molar refractivity (Wildman–Crippen MR) is 69.9 cm³/mol. The van der Waals surface area contributed by atoms with Crippen LogP contribution in [0.3, 0.4) is 0 Å². The number of rotatable bonds is 4. The highest BCUT2D eigenvalue weighted by molar-refractivity contribution is 5.88. The molecule has 1 aromatic carbocycles. The van der Waals surface area contributed by atoms with Gasteiger partial charge in [-0.15, -0.1) is 0 Å². The normalized spacial score (nSPS) is 12.6. The molecule has 2 aromatic rings. The molecule has 1 atom stereocenters. The number of benzene rings is 1. The van der Waals surface area contributed by atoms with Crippen molar-refractivity contribution in [2.45, 2.75) is 32.7 Å². The molecule has 2 rings (SSSR count). The Labute approximate surface area is 101 Å².